The molecule has 0 bridgehead atoms. The molecule has 1 fully saturated rings. The standard InChI is InChI=1S/C13H14N2O2/c16-8-12-3-1-2-11-7-14-13(15(11)12)6-10-4-5-17-9-10/h1-3,7-8,10H,4-6,9H2. The molecule has 0 N–H and O–H groups in total. The minimum Gasteiger partial charge on any atom is -0.381 e. The molecule has 0 saturated carbocycles. The van der Waals surface area contributed by atoms with Crippen LogP contribution < -0.4 is 0 Å². The van der Waals surface area contributed by atoms with Crippen molar-refractivity contribution in [2.75, 3.05) is 13.2 Å². The van der Waals surface area contributed by atoms with Crippen molar-refractivity contribution in [2.45, 2.75) is 12.8 Å². The summed E-state index contributed by atoms with van der Waals surface area (Å²) in [5.41, 5.74) is 1.64. The van der Waals surface area contributed by atoms with Crippen molar-refractivity contribution >= 4 is 11.8 Å². The number of carbonyl (C=O) groups is 1. The van der Waals surface area contributed by atoms with Crippen LogP contribution in [0.2, 0.25) is 0 Å². The number of nitrogens with zero attached hydrogens (tertiary/aromatic N) is 2. The summed E-state index contributed by atoms with van der Waals surface area (Å²) in [5, 5.41) is 0. The minimum absolute atomic E-state index is 0.528. The zero-order chi connectivity index (χ0) is 11.7. The summed E-state index contributed by atoms with van der Waals surface area (Å²) >= 11 is 0. The molecule has 1 unspecified atom stereocenters. The Balaban J connectivity index is 2.00. The largest absolute Gasteiger partial charge is 0.381 e. The first-order valence-electron chi connectivity index (χ1n) is 5.87. The lowest BCUT2D eigenvalue weighted by Crippen LogP contribution is -2.09. The van der Waals surface area contributed by atoms with Crippen LogP contribution in [0.5, 0.6) is 0 Å². The zero-order valence-corrected chi connectivity index (χ0v) is 9.50. The first-order chi connectivity index (χ1) is 8.38. The molecular weight excluding hydrogens is 216 g/mol. The van der Waals surface area contributed by atoms with Crippen LogP contribution in [-0.4, -0.2) is 28.9 Å². The number of aldehydes is 1. The first kappa shape index (κ1) is 10.5. The van der Waals surface area contributed by atoms with Crippen molar-refractivity contribution in [3.8, 4) is 0 Å². The van der Waals surface area contributed by atoms with E-state index in [9.17, 15) is 4.79 Å². The molecule has 1 saturated heterocycles. The van der Waals surface area contributed by atoms with Gasteiger partial charge < -0.3 is 4.74 Å². The Morgan fingerprint density at radius 1 is 1.53 bits per heavy atom. The third-order valence-electron chi connectivity index (χ3n) is 3.27. The van der Waals surface area contributed by atoms with Crippen LogP contribution in [-0.2, 0) is 11.2 Å². The summed E-state index contributed by atoms with van der Waals surface area (Å²) < 4.78 is 7.30. The Morgan fingerprint density at radius 3 is 3.24 bits per heavy atom. The van der Waals surface area contributed by atoms with Gasteiger partial charge in [0, 0.05) is 19.6 Å². The molecule has 17 heavy (non-hydrogen) atoms. The van der Waals surface area contributed by atoms with E-state index in [1.165, 1.54) is 0 Å². The van der Waals surface area contributed by atoms with E-state index in [2.05, 4.69) is 4.98 Å². The fourth-order valence-corrected chi connectivity index (χ4v) is 2.38. The van der Waals surface area contributed by atoms with E-state index in [1.807, 2.05) is 28.8 Å². The van der Waals surface area contributed by atoms with Gasteiger partial charge >= 0.3 is 0 Å². The molecule has 0 aromatic carbocycles. The van der Waals surface area contributed by atoms with Crippen molar-refractivity contribution in [1.29, 1.82) is 0 Å². The highest BCUT2D eigenvalue weighted by Gasteiger charge is 2.19. The van der Waals surface area contributed by atoms with E-state index >= 15 is 0 Å². The Labute approximate surface area is 99.2 Å². The van der Waals surface area contributed by atoms with Crippen LogP contribution >= 0.6 is 0 Å². The Kier molecular flexibility index (Phi) is 2.65. The van der Waals surface area contributed by atoms with E-state index in [0.29, 0.717) is 11.6 Å². The maximum Gasteiger partial charge on any atom is 0.166 e. The predicted molar refractivity (Wildman–Crippen MR) is 63.2 cm³/mol. The van der Waals surface area contributed by atoms with E-state index in [0.717, 1.165) is 43.7 Å². The van der Waals surface area contributed by atoms with Gasteiger partial charge in [-0.05, 0) is 24.5 Å². The van der Waals surface area contributed by atoms with Gasteiger partial charge in [0.15, 0.2) is 6.29 Å². The second-order valence-electron chi connectivity index (χ2n) is 4.44. The number of imidazole rings is 1. The van der Waals surface area contributed by atoms with Crippen LogP contribution in [0, 0.1) is 5.92 Å². The lowest BCUT2D eigenvalue weighted by molar-refractivity contribution is 0.111. The van der Waals surface area contributed by atoms with Gasteiger partial charge in [-0.2, -0.15) is 0 Å². The van der Waals surface area contributed by atoms with E-state index in [1.54, 1.807) is 0 Å². The quantitative estimate of drug-likeness (QED) is 0.754. The molecule has 1 aliphatic rings. The van der Waals surface area contributed by atoms with Crippen LogP contribution in [0.25, 0.3) is 5.52 Å². The molecule has 2 aromatic rings. The number of hydrogen-bond donors (Lipinski definition) is 0. The number of aromatic nitrogens is 2. The molecule has 2 aromatic heterocycles. The van der Waals surface area contributed by atoms with Crippen LogP contribution in [0.15, 0.2) is 24.4 Å². The maximum absolute atomic E-state index is 11.0. The molecule has 88 valence electrons. The van der Waals surface area contributed by atoms with Gasteiger partial charge in [0.05, 0.1) is 17.4 Å². The van der Waals surface area contributed by atoms with Crippen LogP contribution in [0.4, 0.5) is 0 Å². The van der Waals surface area contributed by atoms with Gasteiger partial charge in [0.2, 0.25) is 0 Å². The summed E-state index contributed by atoms with van der Waals surface area (Å²) in [4.78, 5) is 15.5. The molecule has 4 nitrogen and oxygen atoms in total. The van der Waals surface area contributed by atoms with Gasteiger partial charge in [-0.25, -0.2) is 4.98 Å². The van der Waals surface area contributed by atoms with Gasteiger partial charge in [-0.3, -0.25) is 9.20 Å². The summed E-state index contributed by atoms with van der Waals surface area (Å²) in [7, 11) is 0. The van der Waals surface area contributed by atoms with Gasteiger partial charge in [0.25, 0.3) is 0 Å². The third-order valence-corrected chi connectivity index (χ3v) is 3.27. The minimum atomic E-state index is 0.528. The molecule has 3 rings (SSSR count). The highest BCUT2D eigenvalue weighted by atomic mass is 16.5. The topological polar surface area (TPSA) is 43.6 Å². The Morgan fingerprint density at radius 2 is 2.47 bits per heavy atom. The molecule has 0 spiro atoms. The Bertz CT molecular complexity index is 541. The van der Waals surface area contributed by atoms with Gasteiger partial charge in [0.1, 0.15) is 5.82 Å². The second kappa shape index (κ2) is 4.30. The molecule has 1 atom stereocenters. The summed E-state index contributed by atoms with van der Waals surface area (Å²) in [5.74, 6) is 1.48. The van der Waals surface area contributed by atoms with Crippen molar-refractivity contribution < 1.29 is 9.53 Å². The van der Waals surface area contributed by atoms with Crippen LogP contribution in [0.3, 0.4) is 0 Å². The fourth-order valence-electron chi connectivity index (χ4n) is 2.38. The smallest absolute Gasteiger partial charge is 0.166 e. The normalized spacial score (nSPS) is 19.9. The summed E-state index contributed by atoms with van der Waals surface area (Å²) in [6.45, 7) is 1.65. The molecular formula is C13H14N2O2. The number of ether oxygens (including phenoxy) is 1. The zero-order valence-electron chi connectivity index (χ0n) is 9.50. The highest BCUT2D eigenvalue weighted by molar-refractivity contribution is 5.74. The fraction of sp³-hybridized carbons (Fsp3) is 0.385. The molecule has 0 aliphatic carbocycles. The lowest BCUT2D eigenvalue weighted by Gasteiger charge is -2.07. The average molecular weight is 230 g/mol. The van der Waals surface area contributed by atoms with Gasteiger partial charge in [-0.1, -0.05) is 6.07 Å². The number of carbonyl (C=O) groups excluding carboxylic acids is 1. The van der Waals surface area contributed by atoms with Crippen molar-refractivity contribution in [1.82, 2.24) is 9.38 Å². The lowest BCUT2D eigenvalue weighted by atomic mass is 10.0. The molecule has 0 radical (unpaired) electrons. The van der Waals surface area contributed by atoms with E-state index in [-0.39, 0.29) is 0 Å². The summed E-state index contributed by atoms with van der Waals surface area (Å²) in [6.07, 6.45) is 4.65. The predicted octanol–water partition coefficient (Wildman–Crippen LogP) is 1.73. The number of pyridine rings is 1. The number of rotatable bonds is 3. The monoisotopic (exact) mass is 230 g/mol. The first-order valence-corrected chi connectivity index (χ1v) is 5.87. The molecule has 1 aliphatic heterocycles. The molecule has 4 heteroatoms. The second-order valence-corrected chi connectivity index (χ2v) is 4.44. The Hall–Kier alpha value is -1.68. The van der Waals surface area contributed by atoms with Crippen molar-refractivity contribution in [2.24, 2.45) is 5.92 Å². The van der Waals surface area contributed by atoms with Gasteiger partial charge in [-0.15, -0.1) is 0 Å². The van der Waals surface area contributed by atoms with Crippen LogP contribution in [0.1, 0.15) is 22.7 Å². The number of hydrogen-bond acceptors (Lipinski definition) is 3. The van der Waals surface area contributed by atoms with E-state index < -0.39 is 0 Å². The SMILES string of the molecule is O=Cc1cccc2cnc(CC3CCOC3)n12. The third kappa shape index (κ3) is 1.85. The number of fused-ring (bicyclic) bond motifs is 1. The average Bonchev–Trinajstić information content (AvgIpc) is 2.99. The van der Waals surface area contributed by atoms with Crippen molar-refractivity contribution in [3.05, 3.63) is 35.9 Å². The molecule has 0 amide bonds. The van der Waals surface area contributed by atoms with E-state index in [4.69, 9.17) is 4.74 Å². The molecule has 3 heterocycles. The maximum atomic E-state index is 11.0. The van der Waals surface area contributed by atoms with Crippen molar-refractivity contribution in [3.63, 3.8) is 0 Å². The highest BCUT2D eigenvalue weighted by Crippen LogP contribution is 2.19. The summed E-state index contributed by atoms with van der Waals surface area (Å²) in [6, 6.07) is 5.66.